The molecule has 0 spiro atoms. The largest absolute Gasteiger partial charge is 0.464 e. The highest BCUT2D eigenvalue weighted by Crippen LogP contribution is 2.47. The molecular formula is C16H29N3O. The van der Waals surface area contributed by atoms with Crippen molar-refractivity contribution >= 4 is 0 Å². The van der Waals surface area contributed by atoms with Crippen LogP contribution in [0.1, 0.15) is 50.7 Å². The smallest absolute Gasteiger partial charge is 0.122 e. The molecule has 1 heterocycles. The van der Waals surface area contributed by atoms with Crippen LogP contribution in [0.2, 0.25) is 0 Å². The number of likely N-dealkylation sites (N-methyl/N-ethyl adjacent to an activating group) is 1. The number of nitrogens with one attached hydrogen (secondary N) is 1. The van der Waals surface area contributed by atoms with E-state index in [4.69, 9.17) is 10.2 Å². The number of rotatable bonds is 9. The first kappa shape index (κ1) is 15.5. The Labute approximate surface area is 122 Å². The third-order valence-electron chi connectivity index (χ3n) is 4.41. The minimum absolute atomic E-state index is 0.133. The second-order valence-corrected chi connectivity index (χ2v) is 5.83. The van der Waals surface area contributed by atoms with Crippen molar-refractivity contribution in [2.24, 2.45) is 11.7 Å². The minimum Gasteiger partial charge on any atom is -0.464 e. The van der Waals surface area contributed by atoms with Gasteiger partial charge in [-0.1, -0.05) is 20.8 Å². The number of furan rings is 1. The molecule has 0 radical (unpaired) electrons. The van der Waals surface area contributed by atoms with Gasteiger partial charge in [0.05, 0.1) is 6.04 Å². The van der Waals surface area contributed by atoms with E-state index in [1.54, 1.807) is 0 Å². The van der Waals surface area contributed by atoms with Crippen molar-refractivity contribution in [3.8, 4) is 0 Å². The van der Waals surface area contributed by atoms with Gasteiger partial charge in [0.2, 0.25) is 0 Å². The Bertz CT molecular complexity index is 400. The van der Waals surface area contributed by atoms with Crippen LogP contribution in [-0.4, -0.2) is 37.6 Å². The molecule has 114 valence electrons. The highest BCUT2D eigenvalue weighted by atomic mass is 16.3. The van der Waals surface area contributed by atoms with Crippen LogP contribution in [0, 0.1) is 5.92 Å². The molecular weight excluding hydrogens is 250 g/mol. The Morgan fingerprint density at radius 3 is 2.65 bits per heavy atom. The van der Waals surface area contributed by atoms with Crippen molar-refractivity contribution in [1.29, 1.82) is 0 Å². The lowest BCUT2D eigenvalue weighted by Gasteiger charge is -2.20. The van der Waals surface area contributed by atoms with Crippen LogP contribution in [0.25, 0.3) is 0 Å². The van der Waals surface area contributed by atoms with E-state index >= 15 is 0 Å². The highest BCUT2D eigenvalue weighted by Gasteiger charge is 2.36. The average molecular weight is 279 g/mol. The summed E-state index contributed by atoms with van der Waals surface area (Å²) in [4.78, 5) is 2.40. The van der Waals surface area contributed by atoms with Crippen molar-refractivity contribution in [3.05, 3.63) is 23.7 Å². The van der Waals surface area contributed by atoms with Gasteiger partial charge in [-0.2, -0.15) is 0 Å². The summed E-state index contributed by atoms with van der Waals surface area (Å²) < 4.78 is 5.99. The Hall–Kier alpha value is -0.840. The number of hydrogen-bond acceptors (Lipinski definition) is 4. The molecule has 1 aromatic rings. The van der Waals surface area contributed by atoms with Crippen LogP contribution in [0.4, 0.5) is 0 Å². The van der Waals surface area contributed by atoms with E-state index < -0.39 is 0 Å². The molecule has 1 saturated carbocycles. The first-order valence-electron chi connectivity index (χ1n) is 7.95. The third-order valence-corrected chi connectivity index (χ3v) is 4.41. The van der Waals surface area contributed by atoms with Gasteiger partial charge in [-0.15, -0.1) is 0 Å². The van der Waals surface area contributed by atoms with Gasteiger partial charge < -0.3 is 20.4 Å². The summed E-state index contributed by atoms with van der Waals surface area (Å²) in [5.74, 6) is 3.54. The first-order chi connectivity index (χ1) is 9.69. The molecule has 1 aliphatic carbocycles. The molecule has 3 N–H and O–H groups in total. The number of nitrogens with two attached hydrogens (primary N) is 1. The summed E-state index contributed by atoms with van der Waals surface area (Å²) in [6.07, 6.45) is 1.26. The van der Waals surface area contributed by atoms with Crippen molar-refractivity contribution < 1.29 is 4.42 Å². The Kier molecular flexibility index (Phi) is 5.64. The van der Waals surface area contributed by atoms with E-state index in [-0.39, 0.29) is 6.04 Å². The Balaban J connectivity index is 1.83. The van der Waals surface area contributed by atoms with E-state index in [0.29, 0.717) is 12.5 Å². The Morgan fingerprint density at radius 2 is 2.10 bits per heavy atom. The van der Waals surface area contributed by atoms with Crippen LogP contribution >= 0.6 is 0 Å². The molecule has 4 nitrogen and oxygen atoms in total. The predicted octanol–water partition coefficient (Wildman–Crippen LogP) is 2.33. The van der Waals surface area contributed by atoms with E-state index in [1.807, 2.05) is 0 Å². The zero-order chi connectivity index (χ0) is 14.5. The monoisotopic (exact) mass is 279 g/mol. The lowest BCUT2D eigenvalue weighted by molar-refractivity contribution is 0.291. The summed E-state index contributed by atoms with van der Waals surface area (Å²) >= 11 is 0. The molecule has 0 amide bonds. The maximum Gasteiger partial charge on any atom is 0.122 e. The van der Waals surface area contributed by atoms with Crippen LogP contribution in [0.5, 0.6) is 0 Å². The standard InChI is InChI=1S/C16H29N3O/c1-4-19(5-2)9-8-18-14(11-17)16-7-6-15(20-16)13-10-12(13)3/h6-7,12-14,18H,4-5,8-11,17H2,1-3H3. The molecule has 1 aromatic heterocycles. The van der Waals surface area contributed by atoms with Crippen molar-refractivity contribution in [2.45, 2.75) is 39.2 Å². The van der Waals surface area contributed by atoms with Crippen LogP contribution in [-0.2, 0) is 0 Å². The van der Waals surface area contributed by atoms with Gasteiger partial charge in [-0.3, -0.25) is 0 Å². The van der Waals surface area contributed by atoms with E-state index in [0.717, 1.165) is 43.6 Å². The fourth-order valence-corrected chi connectivity index (χ4v) is 2.71. The zero-order valence-corrected chi connectivity index (χ0v) is 13.1. The molecule has 20 heavy (non-hydrogen) atoms. The number of nitrogens with zero attached hydrogens (tertiary/aromatic N) is 1. The van der Waals surface area contributed by atoms with Crippen molar-refractivity contribution in [3.63, 3.8) is 0 Å². The van der Waals surface area contributed by atoms with E-state index in [2.05, 4.69) is 43.1 Å². The van der Waals surface area contributed by atoms with Gasteiger partial charge in [0.15, 0.2) is 0 Å². The molecule has 3 unspecified atom stereocenters. The minimum atomic E-state index is 0.133. The summed E-state index contributed by atoms with van der Waals surface area (Å²) in [7, 11) is 0. The summed E-state index contributed by atoms with van der Waals surface area (Å²) in [5, 5.41) is 3.51. The lowest BCUT2D eigenvalue weighted by Crippen LogP contribution is -2.36. The lowest BCUT2D eigenvalue weighted by atomic mass is 10.2. The van der Waals surface area contributed by atoms with Gasteiger partial charge >= 0.3 is 0 Å². The maximum atomic E-state index is 5.99. The second kappa shape index (κ2) is 7.25. The molecule has 0 aromatic carbocycles. The second-order valence-electron chi connectivity index (χ2n) is 5.83. The molecule has 1 fully saturated rings. The summed E-state index contributed by atoms with van der Waals surface area (Å²) in [5.41, 5.74) is 5.88. The van der Waals surface area contributed by atoms with Crippen LogP contribution in [0.15, 0.2) is 16.5 Å². The average Bonchev–Trinajstić information content (AvgIpc) is 3.01. The van der Waals surface area contributed by atoms with Gasteiger partial charge in [0.25, 0.3) is 0 Å². The van der Waals surface area contributed by atoms with Gasteiger partial charge in [-0.05, 0) is 37.6 Å². The predicted molar refractivity (Wildman–Crippen MR) is 82.8 cm³/mol. The fourth-order valence-electron chi connectivity index (χ4n) is 2.71. The summed E-state index contributed by atoms with van der Waals surface area (Å²) in [6.45, 7) is 11.4. The maximum absolute atomic E-state index is 5.99. The zero-order valence-electron chi connectivity index (χ0n) is 13.1. The van der Waals surface area contributed by atoms with Crippen LogP contribution < -0.4 is 11.1 Å². The topological polar surface area (TPSA) is 54.4 Å². The van der Waals surface area contributed by atoms with Gasteiger partial charge in [0, 0.05) is 25.6 Å². The summed E-state index contributed by atoms with van der Waals surface area (Å²) in [6, 6.07) is 4.34. The van der Waals surface area contributed by atoms with Gasteiger partial charge in [0.1, 0.15) is 11.5 Å². The molecule has 2 rings (SSSR count). The molecule has 1 aliphatic rings. The molecule has 4 heteroatoms. The third kappa shape index (κ3) is 3.84. The SMILES string of the molecule is CCN(CC)CCNC(CN)c1ccc(C2CC2C)o1. The highest BCUT2D eigenvalue weighted by molar-refractivity contribution is 5.19. The Morgan fingerprint density at radius 1 is 1.40 bits per heavy atom. The normalized spacial score (nSPS) is 23.2. The molecule has 0 saturated heterocycles. The quantitative estimate of drug-likeness (QED) is 0.728. The van der Waals surface area contributed by atoms with Crippen LogP contribution in [0.3, 0.4) is 0 Å². The molecule has 0 aliphatic heterocycles. The van der Waals surface area contributed by atoms with Gasteiger partial charge in [-0.25, -0.2) is 0 Å². The molecule has 3 atom stereocenters. The molecule has 0 bridgehead atoms. The first-order valence-corrected chi connectivity index (χ1v) is 7.95. The van der Waals surface area contributed by atoms with Crippen molar-refractivity contribution in [1.82, 2.24) is 10.2 Å². The fraction of sp³-hybridized carbons (Fsp3) is 0.750. The number of hydrogen-bond donors (Lipinski definition) is 2. The van der Waals surface area contributed by atoms with Crippen molar-refractivity contribution in [2.75, 3.05) is 32.7 Å². The van der Waals surface area contributed by atoms with E-state index in [1.165, 1.54) is 6.42 Å². The van der Waals surface area contributed by atoms with E-state index in [9.17, 15) is 0 Å².